The molecule has 1 aromatic rings. The predicted molar refractivity (Wildman–Crippen MR) is 75.6 cm³/mol. The van der Waals surface area contributed by atoms with Crippen molar-refractivity contribution >= 4 is 23.6 Å². The summed E-state index contributed by atoms with van der Waals surface area (Å²) in [6.07, 6.45) is 0. The Morgan fingerprint density at radius 2 is 1.08 bits per heavy atom. The molecule has 126 valence electrons. The molecule has 0 bridgehead atoms. The van der Waals surface area contributed by atoms with E-state index in [1.165, 1.54) is 6.07 Å². The molecule has 0 radical (unpaired) electrons. The number of nitriles is 1. The smallest absolute Gasteiger partial charge is 0.284 e. The molecule has 14 nitrogen and oxygen atoms in total. The molecule has 4 amide bonds. The molecule has 0 saturated heterocycles. The molecule has 1 heterocycles. The Morgan fingerprint density at radius 3 is 1.33 bits per heavy atom. The number of aromatic nitrogens is 1. The van der Waals surface area contributed by atoms with Crippen LogP contribution < -0.4 is 45.1 Å². The van der Waals surface area contributed by atoms with Crippen molar-refractivity contribution in [3.63, 3.8) is 0 Å². The minimum absolute atomic E-state index is 0.685. The van der Waals surface area contributed by atoms with E-state index in [1.807, 2.05) is 0 Å². The number of amides is 4. The molecule has 12 N–H and O–H groups in total. The minimum atomic E-state index is -1.14. The Balaban J connectivity index is 4.05. The lowest BCUT2D eigenvalue weighted by Crippen LogP contribution is -2.41. The van der Waals surface area contributed by atoms with Gasteiger partial charge in [-0.1, -0.05) is 0 Å². The highest BCUT2D eigenvalue weighted by Gasteiger charge is 2.32. The number of pyridine rings is 1. The van der Waals surface area contributed by atoms with Crippen molar-refractivity contribution in [1.29, 1.82) is 5.26 Å². The first-order valence-corrected chi connectivity index (χ1v) is 5.89. The van der Waals surface area contributed by atoms with Crippen LogP contribution in [0, 0.1) is 11.3 Å². The van der Waals surface area contributed by atoms with Crippen LogP contribution >= 0.6 is 0 Å². The van der Waals surface area contributed by atoms with Crippen molar-refractivity contribution in [1.82, 2.24) is 26.7 Å². The van der Waals surface area contributed by atoms with Gasteiger partial charge in [0, 0.05) is 0 Å². The number of carbonyl (C=O) groups is 4. The molecule has 0 saturated carbocycles. The summed E-state index contributed by atoms with van der Waals surface area (Å²) in [7, 11) is 0. The second kappa shape index (κ2) is 7.57. The Morgan fingerprint density at radius 1 is 0.750 bits per heavy atom. The third-order valence-electron chi connectivity index (χ3n) is 2.72. The molecular formula is C10H12N10O4. The zero-order valence-electron chi connectivity index (χ0n) is 11.8. The molecule has 0 spiro atoms. The summed E-state index contributed by atoms with van der Waals surface area (Å²) in [6.45, 7) is 0. The van der Waals surface area contributed by atoms with Crippen LogP contribution in [-0.2, 0) is 0 Å². The van der Waals surface area contributed by atoms with Gasteiger partial charge in [0.05, 0.1) is 16.7 Å². The van der Waals surface area contributed by atoms with Gasteiger partial charge in [-0.15, -0.1) is 0 Å². The second-order valence-corrected chi connectivity index (χ2v) is 3.94. The van der Waals surface area contributed by atoms with Crippen LogP contribution in [0.5, 0.6) is 0 Å². The van der Waals surface area contributed by atoms with E-state index in [-0.39, 0.29) is 0 Å². The molecule has 0 fully saturated rings. The van der Waals surface area contributed by atoms with Gasteiger partial charge in [-0.05, 0) is 0 Å². The average molecular weight is 336 g/mol. The number of hydrogen-bond donors (Lipinski definition) is 8. The molecule has 1 aromatic heterocycles. The Kier molecular flexibility index (Phi) is 5.81. The van der Waals surface area contributed by atoms with E-state index in [2.05, 4.69) is 4.98 Å². The monoisotopic (exact) mass is 336 g/mol. The summed E-state index contributed by atoms with van der Waals surface area (Å²) < 4.78 is 0. The summed E-state index contributed by atoms with van der Waals surface area (Å²) in [5.74, 6) is 15.4. The highest BCUT2D eigenvalue weighted by molar-refractivity contribution is 6.14. The lowest BCUT2D eigenvalue weighted by Gasteiger charge is -2.14. The standard InChI is InChI=1S/C10H12N10O4/c11-1-2-3(7(21)17-12)5(9(23)19-14)16-6(10(24)20-15)4(2)8(22)18-13/h12-15H2,(H,17,21)(H,18,22)(H,19,23)(H,20,24). The van der Waals surface area contributed by atoms with E-state index in [9.17, 15) is 24.4 Å². The van der Waals surface area contributed by atoms with Crippen LogP contribution in [0.1, 0.15) is 47.3 Å². The quantitative estimate of drug-likeness (QED) is 0.148. The van der Waals surface area contributed by atoms with Gasteiger partial charge in [-0.25, -0.2) is 28.4 Å². The van der Waals surface area contributed by atoms with Crippen LogP contribution in [0.25, 0.3) is 0 Å². The van der Waals surface area contributed by atoms with E-state index in [0.717, 1.165) is 0 Å². The number of nitrogen functional groups attached to an aromatic ring is 4. The number of hydrazine groups is 4. The van der Waals surface area contributed by atoms with Crippen molar-refractivity contribution < 1.29 is 19.2 Å². The van der Waals surface area contributed by atoms with Gasteiger partial charge in [0.2, 0.25) is 0 Å². The topological polar surface area (TPSA) is 257 Å². The fourth-order valence-corrected chi connectivity index (χ4v) is 1.75. The van der Waals surface area contributed by atoms with Crippen LogP contribution in [0.3, 0.4) is 0 Å². The van der Waals surface area contributed by atoms with Gasteiger partial charge < -0.3 is 0 Å². The van der Waals surface area contributed by atoms with Crippen molar-refractivity contribution in [3.8, 4) is 6.07 Å². The fourth-order valence-electron chi connectivity index (χ4n) is 1.75. The predicted octanol–water partition coefficient (Wildman–Crippen LogP) is -4.63. The first kappa shape index (κ1) is 18.4. The number of carbonyl (C=O) groups excluding carboxylic acids is 4. The maximum atomic E-state index is 11.9. The number of hydrogen-bond acceptors (Lipinski definition) is 10. The molecular weight excluding hydrogens is 324 g/mol. The Labute approximate surface area is 133 Å². The molecule has 0 unspecified atom stereocenters. The van der Waals surface area contributed by atoms with Crippen molar-refractivity contribution in [3.05, 3.63) is 28.1 Å². The number of rotatable bonds is 4. The molecule has 1 rings (SSSR count). The summed E-state index contributed by atoms with van der Waals surface area (Å²) in [5, 5.41) is 9.30. The summed E-state index contributed by atoms with van der Waals surface area (Å²) in [5.41, 5.74) is 3.20. The maximum absolute atomic E-state index is 11.9. The van der Waals surface area contributed by atoms with Crippen molar-refractivity contribution in [2.75, 3.05) is 0 Å². The van der Waals surface area contributed by atoms with Gasteiger partial charge in [-0.3, -0.25) is 40.9 Å². The summed E-state index contributed by atoms with van der Waals surface area (Å²) >= 11 is 0. The van der Waals surface area contributed by atoms with Crippen LogP contribution in [0.2, 0.25) is 0 Å². The molecule has 0 atom stereocenters. The normalized spacial score (nSPS) is 9.46. The third kappa shape index (κ3) is 3.08. The van der Waals surface area contributed by atoms with Gasteiger partial charge in [0.25, 0.3) is 23.6 Å². The van der Waals surface area contributed by atoms with Crippen LogP contribution in [-0.4, -0.2) is 28.6 Å². The minimum Gasteiger partial charge on any atom is -0.290 e. The molecule has 0 aliphatic carbocycles. The highest BCUT2D eigenvalue weighted by Crippen LogP contribution is 2.21. The highest BCUT2D eigenvalue weighted by atomic mass is 16.2. The Bertz CT molecular complexity index is 714. The molecule has 0 aliphatic heterocycles. The van der Waals surface area contributed by atoms with Gasteiger partial charge >= 0.3 is 0 Å². The van der Waals surface area contributed by atoms with E-state index < -0.39 is 51.7 Å². The zero-order chi connectivity index (χ0) is 18.4. The molecule has 24 heavy (non-hydrogen) atoms. The van der Waals surface area contributed by atoms with E-state index in [0.29, 0.717) is 0 Å². The number of nitrogens with one attached hydrogen (secondary N) is 4. The number of nitrogens with zero attached hydrogens (tertiary/aromatic N) is 2. The van der Waals surface area contributed by atoms with E-state index >= 15 is 0 Å². The first-order chi connectivity index (χ1) is 11.4. The SMILES string of the molecule is N#Cc1c(C(=O)NN)c(C(=O)NN)nc(C(=O)NN)c1C(=O)NN. The van der Waals surface area contributed by atoms with Crippen molar-refractivity contribution in [2.45, 2.75) is 0 Å². The molecule has 0 aromatic carbocycles. The lowest BCUT2D eigenvalue weighted by atomic mass is 9.97. The van der Waals surface area contributed by atoms with Gasteiger partial charge in [-0.2, -0.15) is 5.26 Å². The van der Waals surface area contributed by atoms with Gasteiger partial charge in [0.15, 0.2) is 0 Å². The zero-order valence-corrected chi connectivity index (χ0v) is 11.8. The van der Waals surface area contributed by atoms with Crippen LogP contribution in [0.15, 0.2) is 0 Å². The third-order valence-corrected chi connectivity index (χ3v) is 2.72. The van der Waals surface area contributed by atoms with Crippen molar-refractivity contribution in [2.24, 2.45) is 23.4 Å². The average Bonchev–Trinajstić information content (AvgIpc) is 2.63. The molecule has 14 heteroatoms. The summed E-state index contributed by atoms with van der Waals surface area (Å²) in [4.78, 5) is 51.1. The number of nitrogens with two attached hydrogens (primary N) is 4. The largest absolute Gasteiger partial charge is 0.290 e. The van der Waals surface area contributed by atoms with E-state index in [1.54, 1.807) is 21.7 Å². The van der Waals surface area contributed by atoms with Gasteiger partial charge in [0.1, 0.15) is 17.5 Å². The fraction of sp³-hybridized carbons (Fsp3) is 0. The van der Waals surface area contributed by atoms with Crippen LogP contribution in [0.4, 0.5) is 0 Å². The van der Waals surface area contributed by atoms with E-state index in [4.69, 9.17) is 23.4 Å². The lowest BCUT2D eigenvalue weighted by molar-refractivity contribution is 0.0899. The second-order valence-electron chi connectivity index (χ2n) is 3.94. The summed E-state index contributed by atoms with van der Waals surface area (Å²) in [6, 6.07) is 1.52. The maximum Gasteiger partial charge on any atom is 0.284 e. The molecule has 0 aliphatic rings. The Hall–Kier alpha value is -3.64. The first-order valence-electron chi connectivity index (χ1n) is 5.89.